The maximum Gasteiger partial charge on any atom is 0.179 e. The third-order valence-corrected chi connectivity index (χ3v) is 3.11. The first kappa shape index (κ1) is 14.1. The van der Waals surface area contributed by atoms with Crippen LogP contribution >= 0.6 is 11.6 Å². The molecule has 0 aliphatic heterocycles. The zero-order valence-corrected chi connectivity index (χ0v) is 11.4. The van der Waals surface area contributed by atoms with E-state index in [9.17, 15) is 0 Å². The number of hydrogen-bond acceptors (Lipinski definition) is 4. The number of likely N-dealkylation sites (N-methyl/N-ethyl adjacent to an activating group) is 1. The molecule has 0 aliphatic carbocycles. The Morgan fingerprint density at radius 3 is 2.35 bits per heavy atom. The molecule has 96 valence electrons. The lowest BCUT2D eigenvalue weighted by Crippen LogP contribution is -2.27. The lowest BCUT2D eigenvalue weighted by Gasteiger charge is -2.25. The number of rotatable bonds is 5. The predicted octanol–water partition coefficient (Wildman–Crippen LogP) is 1.92. The van der Waals surface area contributed by atoms with E-state index in [1.54, 1.807) is 14.2 Å². The van der Waals surface area contributed by atoms with Gasteiger partial charge in [-0.05, 0) is 25.7 Å². The van der Waals surface area contributed by atoms with Gasteiger partial charge in [-0.1, -0.05) is 17.7 Å². The molecule has 1 aromatic rings. The summed E-state index contributed by atoms with van der Waals surface area (Å²) in [7, 11) is 7.08. The number of benzene rings is 1. The van der Waals surface area contributed by atoms with Gasteiger partial charge in [0.15, 0.2) is 11.5 Å². The van der Waals surface area contributed by atoms with Gasteiger partial charge in [-0.25, -0.2) is 0 Å². The van der Waals surface area contributed by atoms with Crippen molar-refractivity contribution >= 4 is 11.6 Å². The summed E-state index contributed by atoms with van der Waals surface area (Å²) in [6.45, 7) is 0.488. The van der Waals surface area contributed by atoms with Crippen LogP contribution in [0.15, 0.2) is 12.1 Å². The topological polar surface area (TPSA) is 47.7 Å². The van der Waals surface area contributed by atoms with Crippen molar-refractivity contribution in [1.82, 2.24) is 4.90 Å². The average molecular weight is 259 g/mol. The highest BCUT2D eigenvalue weighted by Crippen LogP contribution is 2.40. The Kier molecular flexibility index (Phi) is 5.05. The van der Waals surface area contributed by atoms with Gasteiger partial charge in [-0.2, -0.15) is 0 Å². The molecule has 1 aromatic carbocycles. The van der Waals surface area contributed by atoms with Crippen LogP contribution < -0.4 is 15.2 Å². The van der Waals surface area contributed by atoms with Gasteiger partial charge >= 0.3 is 0 Å². The fourth-order valence-electron chi connectivity index (χ4n) is 1.78. The zero-order chi connectivity index (χ0) is 13.0. The minimum absolute atomic E-state index is 0.0577. The van der Waals surface area contributed by atoms with Crippen molar-refractivity contribution in [2.45, 2.75) is 6.04 Å². The van der Waals surface area contributed by atoms with Gasteiger partial charge in [0.05, 0.1) is 19.2 Å². The van der Waals surface area contributed by atoms with Crippen LogP contribution in [0.2, 0.25) is 5.02 Å². The highest BCUT2D eigenvalue weighted by atomic mass is 35.5. The first-order valence-electron chi connectivity index (χ1n) is 5.33. The highest BCUT2D eigenvalue weighted by Gasteiger charge is 2.20. The molecule has 1 atom stereocenters. The summed E-state index contributed by atoms with van der Waals surface area (Å²) in [6.07, 6.45) is 0. The van der Waals surface area contributed by atoms with Crippen molar-refractivity contribution in [3.05, 3.63) is 22.7 Å². The molecular weight excluding hydrogens is 240 g/mol. The van der Waals surface area contributed by atoms with E-state index in [4.69, 9.17) is 26.8 Å². The Balaban J connectivity index is 3.26. The summed E-state index contributed by atoms with van der Waals surface area (Å²) < 4.78 is 10.5. The third kappa shape index (κ3) is 2.83. The minimum atomic E-state index is 0.0577. The van der Waals surface area contributed by atoms with Crippen molar-refractivity contribution in [3.63, 3.8) is 0 Å². The quantitative estimate of drug-likeness (QED) is 0.877. The van der Waals surface area contributed by atoms with Crippen LogP contribution in [0.4, 0.5) is 0 Å². The summed E-state index contributed by atoms with van der Waals surface area (Å²) in [4.78, 5) is 2.02. The molecule has 0 saturated heterocycles. The Labute approximate surface area is 107 Å². The summed E-state index contributed by atoms with van der Waals surface area (Å²) in [6, 6.07) is 3.82. The number of hydrogen-bond donors (Lipinski definition) is 1. The Hall–Kier alpha value is -0.970. The van der Waals surface area contributed by atoms with Crippen molar-refractivity contribution in [2.75, 3.05) is 34.9 Å². The monoisotopic (exact) mass is 258 g/mol. The molecule has 1 rings (SSSR count). The maximum atomic E-state index is 6.32. The van der Waals surface area contributed by atoms with E-state index < -0.39 is 0 Å². The van der Waals surface area contributed by atoms with Crippen LogP contribution in [0.5, 0.6) is 11.5 Å². The second-order valence-corrected chi connectivity index (χ2v) is 4.30. The van der Waals surface area contributed by atoms with Crippen LogP contribution in [0, 0.1) is 0 Å². The summed E-state index contributed by atoms with van der Waals surface area (Å²) in [5.41, 5.74) is 6.71. The minimum Gasteiger partial charge on any atom is -0.493 e. The van der Waals surface area contributed by atoms with Crippen molar-refractivity contribution in [2.24, 2.45) is 5.73 Å². The standard InChI is InChI=1S/C12H19ClN2O2/c1-15(2)9(7-14)8-5-6-10(16-3)12(17-4)11(8)13/h5-6,9H,7,14H2,1-4H3. The van der Waals surface area contributed by atoms with Crippen LogP contribution in [0.3, 0.4) is 0 Å². The average Bonchev–Trinajstić information content (AvgIpc) is 2.31. The van der Waals surface area contributed by atoms with Gasteiger partial charge in [0, 0.05) is 12.6 Å². The molecule has 5 heteroatoms. The first-order valence-corrected chi connectivity index (χ1v) is 5.71. The third-order valence-electron chi connectivity index (χ3n) is 2.72. The van der Waals surface area contributed by atoms with E-state index in [2.05, 4.69) is 0 Å². The summed E-state index contributed by atoms with van der Waals surface area (Å²) >= 11 is 6.32. The second kappa shape index (κ2) is 6.10. The smallest absolute Gasteiger partial charge is 0.179 e. The van der Waals surface area contributed by atoms with Gasteiger partial charge in [0.1, 0.15) is 0 Å². The SMILES string of the molecule is COc1ccc(C(CN)N(C)C)c(Cl)c1OC. The van der Waals surface area contributed by atoms with Gasteiger partial charge in [0.2, 0.25) is 0 Å². The molecule has 0 radical (unpaired) electrons. The van der Waals surface area contributed by atoms with Crippen LogP contribution in [-0.2, 0) is 0 Å². The molecule has 4 nitrogen and oxygen atoms in total. The Morgan fingerprint density at radius 1 is 1.29 bits per heavy atom. The van der Waals surface area contributed by atoms with E-state index >= 15 is 0 Å². The number of ether oxygens (including phenoxy) is 2. The van der Waals surface area contributed by atoms with E-state index in [0.717, 1.165) is 5.56 Å². The number of nitrogens with zero attached hydrogens (tertiary/aromatic N) is 1. The van der Waals surface area contributed by atoms with Crippen LogP contribution in [0.25, 0.3) is 0 Å². The fraction of sp³-hybridized carbons (Fsp3) is 0.500. The van der Waals surface area contributed by atoms with Gasteiger partial charge < -0.3 is 20.1 Å². The van der Waals surface area contributed by atoms with Crippen LogP contribution in [-0.4, -0.2) is 39.8 Å². The van der Waals surface area contributed by atoms with Crippen LogP contribution in [0.1, 0.15) is 11.6 Å². The molecule has 0 saturated carbocycles. The molecule has 0 spiro atoms. The van der Waals surface area contributed by atoms with Crippen molar-refractivity contribution in [1.29, 1.82) is 0 Å². The largest absolute Gasteiger partial charge is 0.493 e. The van der Waals surface area contributed by atoms with Gasteiger partial charge in [-0.3, -0.25) is 0 Å². The Morgan fingerprint density at radius 2 is 1.94 bits per heavy atom. The van der Waals surface area contributed by atoms with E-state index in [-0.39, 0.29) is 6.04 Å². The second-order valence-electron chi connectivity index (χ2n) is 3.92. The van der Waals surface area contributed by atoms with Crippen molar-refractivity contribution < 1.29 is 9.47 Å². The van der Waals surface area contributed by atoms with E-state index in [1.165, 1.54) is 0 Å². The lowest BCUT2D eigenvalue weighted by molar-refractivity contribution is 0.303. The van der Waals surface area contributed by atoms with Gasteiger partial charge in [-0.15, -0.1) is 0 Å². The zero-order valence-electron chi connectivity index (χ0n) is 10.7. The van der Waals surface area contributed by atoms with Gasteiger partial charge in [0.25, 0.3) is 0 Å². The molecule has 1 unspecified atom stereocenters. The fourth-order valence-corrected chi connectivity index (χ4v) is 2.14. The number of halogens is 1. The summed E-state index contributed by atoms with van der Waals surface area (Å²) in [5, 5.41) is 0.552. The maximum absolute atomic E-state index is 6.32. The predicted molar refractivity (Wildman–Crippen MR) is 70.0 cm³/mol. The van der Waals surface area contributed by atoms with E-state index in [1.807, 2.05) is 31.1 Å². The van der Waals surface area contributed by atoms with Crippen molar-refractivity contribution in [3.8, 4) is 11.5 Å². The normalized spacial score (nSPS) is 12.6. The van der Waals surface area contributed by atoms with E-state index in [0.29, 0.717) is 23.1 Å². The molecule has 0 aromatic heterocycles. The number of nitrogens with two attached hydrogens (primary N) is 1. The first-order chi connectivity index (χ1) is 8.06. The molecule has 0 amide bonds. The molecular formula is C12H19ClN2O2. The molecule has 17 heavy (non-hydrogen) atoms. The number of methoxy groups -OCH3 is 2. The highest BCUT2D eigenvalue weighted by molar-refractivity contribution is 6.33. The summed E-state index contributed by atoms with van der Waals surface area (Å²) in [5.74, 6) is 1.17. The molecule has 2 N–H and O–H groups in total. The molecule has 0 bridgehead atoms. The lowest BCUT2D eigenvalue weighted by atomic mass is 10.1. The molecule has 0 heterocycles. The molecule has 0 aliphatic rings. The molecule has 0 fully saturated rings. The Bertz CT molecular complexity index is 383.